The molecule has 122 valence electrons. The quantitative estimate of drug-likeness (QED) is 0.512. The molecular formula is C19H16O4S. The summed E-state index contributed by atoms with van der Waals surface area (Å²) in [5.74, 6) is -0.169. The number of rotatable bonds is 7. The smallest absolute Gasteiger partial charge is 0.303 e. The molecule has 0 saturated heterocycles. The number of fused-ring (bicyclic) bond motifs is 1. The number of aliphatic carboxylic acids is 1. The van der Waals surface area contributed by atoms with Gasteiger partial charge in [0.05, 0.1) is 11.5 Å². The fourth-order valence-corrected chi connectivity index (χ4v) is 3.22. The van der Waals surface area contributed by atoms with Crippen molar-refractivity contribution in [2.75, 3.05) is 6.61 Å². The first-order valence-electron chi connectivity index (χ1n) is 7.61. The molecule has 0 unspecified atom stereocenters. The second kappa shape index (κ2) is 7.27. The maximum Gasteiger partial charge on any atom is 0.303 e. The first-order chi connectivity index (χ1) is 11.7. The number of carbonyl (C=O) groups is 2. The van der Waals surface area contributed by atoms with Crippen LogP contribution in [0.1, 0.15) is 28.1 Å². The first kappa shape index (κ1) is 16.2. The summed E-state index contributed by atoms with van der Waals surface area (Å²) in [4.78, 5) is 23.9. The molecule has 1 heterocycles. The summed E-state index contributed by atoms with van der Waals surface area (Å²) in [6.07, 6.45) is 0.520. The van der Waals surface area contributed by atoms with E-state index in [1.54, 1.807) is 12.1 Å². The zero-order valence-electron chi connectivity index (χ0n) is 12.9. The van der Waals surface area contributed by atoms with Crippen molar-refractivity contribution in [1.82, 2.24) is 0 Å². The SMILES string of the molecule is O=C(O)CCCOc1ccc(C(=O)c2cccs2)c2ccccc12. The summed E-state index contributed by atoms with van der Waals surface area (Å²) in [6.45, 7) is 0.328. The van der Waals surface area contributed by atoms with Crippen LogP contribution in [0.4, 0.5) is 0 Å². The lowest BCUT2D eigenvalue weighted by Crippen LogP contribution is -2.04. The van der Waals surface area contributed by atoms with Crippen LogP contribution in [0.3, 0.4) is 0 Å². The normalized spacial score (nSPS) is 10.7. The lowest BCUT2D eigenvalue weighted by Gasteiger charge is -2.11. The lowest BCUT2D eigenvalue weighted by atomic mass is 10.00. The van der Waals surface area contributed by atoms with E-state index in [1.807, 2.05) is 41.8 Å². The van der Waals surface area contributed by atoms with Crippen LogP contribution in [-0.4, -0.2) is 23.5 Å². The third-order valence-corrected chi connectivity index (χ3v) is 4.53. The second-order valence-corrected chi connectivity index (χ2v) is 6.26. The average Bonchev–Trinajstić information content (AvgIpc) is 3.12. The highest BCUT2D eigenvalue weighted by molar-refractivity contribution is 7.12. The number of ketones is 1. The molecule has 0 aliphatic heterocycles. The highest BCUT2D eigenvalue weighted by Crippen LogP contribution is 2.30. The molecule has 0 aliphatic carbocycles. The van der Waals surface area contributed by atoms with Gasteiger partial charge in [0.2, 0.25) is 5.78 Å². The number of benzene rings is 2. The molecule has 1 aromatic heterocycles. The Morgan fingerprint density at radius 2 is 1.79 bits per heavy atom. The van der Waals surface area contributed by atoms with Gasteiger partial charge in [0.15, 0.2) is 0 Å². The molecule has 0 atom stereocenters. The van der Waals surface area contributed by atoms with Crippen LogP contribution in [0.25, 0.3) is 10.8 Å². The Bertz CT molecular complexity index is 868. The Hall–Kier alpha value is -2.66. The molecule has 4 nitrogen and oxygen atoms in total. The topological polar surface area (TPSA) is 63.6 Å². The molecule has 1 N–H and O–H groups in total. The highest BCUT2D eigenvalue weighted by Gasteiger charge is 2.15. The fraction of sp³-hybridized carbons (Fsp3) is 0.158. The van der Waals surface area contributed by atoms with Crippen molar-refractivity contribution in [3.05, 3.63) is 64.4 Å². The van der Waals surface area contributed by atoms with E-state index in [1.165, 1.54) is 11.3 Å². The summed E-state index contributed by atoms with van der Waals surface area (Å²) in [5.41, 5.74) is 0.644. The predicted octanol–water partition coefficient (Wildman–Crippen LogP) is 4.38. The van der Waals surface area contributed by atoms with Gasteiger partial charge in [-0.3, -0.25) is 9.59 Å². The molecule has 3 aromatic rings. The van der Waals surface area contributed by atoms with E-state index in [-0.39, 0.29) is 12.2 Å². The van der Waals surface area contributed by atoms with Gasteiger partial charge in [-0.25, -0.2) is 0 Å². The Balaban J connectivity index is 1.90. The Labute approximate surface area is 143 Å². The molecule has 3 rings (SSSR count). The van der Waals surface area contributed by atoms with Gasteiger partial charge in [-0.15, -0.1) is 11.3 Å². The predicted molar refractivity (Wildman–Crippen MR) is 94.1 cm³/mol. The third kappa shape index (κ3) is 3.46. The first-order valence-corrected chi connectivity index (χ1v) is 8.49. The van der Waals surface area contributed by atoms with Crippen LogP contribution in [0.5, 0.6) is 5.75 Å². The van der Waals surface area contributed by atoms with Crippen LogP contribution in [0.2, 0.25) is 0 Å². The molecule has 0 radical (unpaired) electrons. The van der Waals surface area contributed by atoms with Crippen LogP contribution in [0, 0.1) is 0 Å². The average molecular weight is 340 g/mol. The number of hydrogen-bond donors (Lipinski definition) is 1. The fourth-order valence-electron chi connectivity index (χ4n) is 2.54. The molecule has 5 heteroatoms. The number of ether oxygens (including phenoxy) is 1. The van der Waals surface area contributed by atoms with Crippen molar-refractivity contribution < 1.29 is 19.4 Å². The van der Waals surface area contributed by atoms with Crippen LogP contribution in [0.15, 0.2) is 53.9 Å². The summed E-state index contributed by atoms with van der Waals surface area (Å²) >= 11 is 1.42. The van der Waals surface area contributed by atoms with Crippen molar-refractivity contribution >= 4 is 33.9 Å². The monoisotopic (exact) mass is 340 g/mol. The van der Waals surface area contributed by atoms with Gasteiger partial charge in [-0.1, -0.05) is 30.3 Å². The van der Waals surface area contributed by atoms with Gasteiger partial charge >= 0.3 is 5.97 Å². The van der Waals surface area contributed by atoms with E-state index in [9.17, 15) is 9.59 Å². The zero-order chi connectivity index (χ0) is 16.9. The van der Waals surface area contributed by atoms with Crippen LogP contribution < -0.4 is 4.74 Å². The van der Waals surface area contributed by atoms with Crippen molar-refractivity contribution in [3.63, 3.8) is 0 Å². The minimum Gasteiger partial charge on any atom is -0.493 e. The molecular weight excluding hydrogens is 324 g/mol. The van der Waals surface area contributed by atoms with Crippen molar-refractivity contribution in [2.24, 2.45) is 0 Å². The minimum absolute atomic E-state index is 0.00127. The van der Waals surface area contributed by atoms with Gasteiger partial charge in [-0.2, -0.15) is 0 Å². The second-order valence-electron chi connectivity index (χ2n) is 5.31. The number of carboxylic acids is 1. The van der Waals surface area contributed by atoms with E-state index < -0.39 is 5.97 Å². The van der Waals surface area contributed by atoms with Crippen LogP contribution in [-0.2, 0) is 4.79 Å². The Morgan fingerprint density at radius 1 is 1.00 bits per heavy atom. The van der Waals surface area contributed by atoms with E-state index in [0.29, 0.717) is 29.2 Å². The standard InChI is InChI=1S/C19H16O4S/c20-18(21)8-3-11-23-16-10-9-15(13-5-1-2-6-14(13)16)19(22)17-7-4-12-24-17/h1-2,4-7,9-10,12H,3,8,11H2,(H,20,21). The highest BCUT2D eigenvalue weighted by atomic mass is 32.1. The van der Waals surface area contributed by atoms with E-state index in [4.69, 9.17) is 9.84 Å². The minimum atomic E-state index is -0.833. The number of carboxylic acid groups (broad SMARTS) is 1. The summed E-state index contributed by atoms with van der Waals surface area (Å²) < 4.78 is 5.72. The molecule has 0 aliphatic rings. The number of thiophene rings is 1. The van der Waals surface area contributed by atoms with E-state index in [2.05, 4.69) is 0 Å². The lowest BCUT2D eigenvalue weighted by molar-refractivity contribution is -0.137. The van der Waals surface area contributed by atoms with Gasteiger partial charge < -0.3 is 9.84 Å². The molecule has 0 saturated carbocycles. The number of hydrogen-bond acceptors (Lipinski definition) is 4. The molecule has 0 fully saturated rings. The van der Waals surface area contributed by atoms with Gasteiger partial charge in [-0.05, 0) is 35.4 Å². The van der Waals surface area contributed by atoms with Crippen molar-refractivity contribution in [1.29, 1.82) is 0 Å². The van der Waals surface area contributed by atoms with Crippen molar-refractivity contribution in [2.45, 2.75) is 12.8 Å². The van der Waals surface area contributed by atoms with Gasteiger partial charge in [0.1, 0.15) is 5.75 Å². The third-order valence-electron chi connectivity index (χ3n) is 3.67. The molecule has 0 bridgehead atoms. The summed E-state index contributed by atoms with van der Waals surface area (Å²) in [5, 5.41) is 12.3. The van der Waals surface area contributed by atoms with Gasteiger partial charge in [0, 0.05) is 17.4 Å². The largest absolute Gasteiger partial charge is 0.493 e. The maximum atomic E-state index is 12.7. The maximum absolute atomic E-state index is 12.7. The summed E-state index contributed by atoms with van der Waals surface area (Å²) in [7, 11) is 0. The summed E-state index contributed by atoms with van der Waals surface area (Å²) in [6, 6.07) is 14.8. The molecule has 24 heavy (non-hydrogen) atoms. The van der Waals surface area contributed by atoms with Crippen LogP contribution >= 0.6 is 11.3 Å². The van der Waals surface area contributed by atoms with Gasteiger partial charge in [0.25, 0.3) is 0 Å². The Kier molecular flexibility index (Phi) is 4.91. The van der Waals surface area contributed by atoms with E-state index >= 15 is 0 Å². The number of carbonyl (C=O) groups excluding carboxylic acids is 1. The Morgan fingerprint density at radius 3 is 2.50 bits per heavy atom. The zero-order valence-corrected chi connectivity index (χ0v) is 13.7. The molecule has 0 spiro atoms. The molecule has 2 aromatic carbocycles. The van der Waals surface area contributed by atoms with E-state index in [0.717, 1.165) is 10.8 Å². The van der Waals surface area contributed by atoms with Crippen molar-refractivity contribution in [3.8, 4) is 5.75 Å². The molecule has 0 amide bonds.